The zero-order chi connectivity index (χ0) is 20.1. The number of nitrogens with zero attached hydrogens (tertiary/aromatic N) is 1. The molecule has 0 bridgehead atoms. The van der Waals surface area contributed by atoms with Gasteiger partial charge in [-0.15, -0.1) is 0 Å². The van der Waals surface area contributed by atoms with Crippen molar-refractivity contribution in [3.63, 3.8) is 0 Å². The zero-order valence-electron chi connectivity index (χ0n) is 16.7. The second-order valence-electron chi connectivity index (χ2n) is 7.15. The van der Waals surface area contributed by atoms with Crippen molar-refractivity contribution in [2.75, 3.05) is 18.0 Å². The molecule has 0 spiro atoms. The van der Waals surface area contributed by atoms with Crippen LogP contribution in [-0.2, 0) is 16.0 Å². The summed E-state index contributed by atoms with van der Waals surface area (Å²) in [5.41, 5.74) is 5.45. The van der Waals surface area contributed by atoms with Crippen LogP contribution in [0.4, 0.5) is 5.69 Å². The molecule has 146 valence electrons. The van der Waals surface area contributed by atoms with Crippen molar-refractivity contribution < 1.29 is 9.59 Å². The van der Waals surface area contributed by atoms with Crippen LogP contribution < -0.4 is 10.2 Å². The molecular formula is C23H27N3O2. The number of carbonyl (C=O) groups is 2. The molecule has 0 unspecified atom stereocenters. The van der Waals surface area contributed by atoms with E-state index in [4.69, 9.17) is 0 Å². The summed E-state index contributed by atoms with van der Waals surface area (Å²) in [4.78, 5) is 29.2. The molecule has 0 saturated heterocycles. The molecule has 5 nitrogen and oxygen atoms in total. The summed E-state index contributed by atoms with van der Waals surface area (Å²) in [7, 11) is 0. The fraction of sp³-hybridized carbons (Fsp3) is 0.304. The number of hydrogen-bond acceptors (Lipinski definition) is 2. The normalized spacial score (nSPS) is 10.8. The Balaban J connectivity index is 1.52. The number of aromatic nitrogens is 1. The van der Waals surface area contributed by atoms with Crippen molar-refractivity contribution in [3.05, 3.63) is 65.4 Å². The lowest BCUT2D eigenvalue weighted by atomic mass is 10.1. The molecule has 5 heteroatoms. The highest BCUT2D eigenvalue weighted by Gasteiger charge is 2.14. The average Bonchev–Trinajstić information content (AvgIpc) is 3.08. The number of H-pyrrole nitrogens is 1. The fourth-order valence-corrected chi connectivity index (χ4v) is 3.34. The molecule has 2 aromatic carbocycles. The van der Waals surface area contributed by atoms with E-state index in [1.807, 2.05) is 56.4 Å². The van der Waals surface area contributed by atoms with Crippen LogP contribution in [0.5, 0.6) is 0 Å². The molecule has 1 aromatic heterocycles. The van der Waals surface area contributed by atoms with E-state index in [9.17, 15) is 9.59 Å². The van der Waals surface area contributed by atoms with Gasteiger partial charge in [0.05, 0.1) is 0 Å². The minimum Gasteiger partial charge on any atom is -0.361 e. The summed E-state index contributed by atoms with van der Waals surface area (Å²) in [6.07, 6.45) is 3.04. The molecular weight excluding hydrogens is 350 g/mol. The van der Waals surface area contributed by atoms with Gasteiger partial charge in [0, 0.05) is 49.2 Å². The van der Waals surface area contributed by atoms with Gasteiger partial charge >= 0.3 is 0 Å². The summed E-state index contributed by atoms with van der Waals surface area (Å²) >= 11 is 0. The monoisotopic (exact) mass is 377 g/mol. The van der Waals surface area contributed by atoms with E-state index >= 15 is 0 Å². The number of anilines is 1. The maximum atomic E-state index is 12.3. The van der Waals surface area contributed by atoms with Crippen LogP contribution in [0.1, 0.15) is 30.0 Å². The van der Waals surface area contributed by atoms with Crippen LogP contribution in [0.3, 0.4) is 0 Å². The quantitative estimate of drug-likeness (QED) is 0.656. The summed E-state index contributed by atoms with van der Waals surface area (Å²) in [6.45, 7) is 6.54. The highest BCUT2D eigenvalue weighted by Crippen LogP contribution is 2.20. The van der Waals surface area contributed by atoms with Gasteiger partial charge in [0.1, 0.15) is 0 Å². The molecule has 0 aliphatic rings. The number of rotatable bonds is 7. The van der Waals surface area contributed by atoms with Gasteiger partial charge in [-0.3, -0.25) is 9.59 Å². The maximum Gasteiger partial charge on any atom is 0.223 e. The van der Waals surface area contributed by atoms with Crippen molar-refractivity contribution >= 4 is 28.4 Å². The Kier molecular flexibility index (Phi) is 6.14. The van der Waals surface area contributed by atoms with Gasteiger partial charge in [-0.05, 0) is 55.2 Å². The first kappa shape index (κ1) is 19.7. The Morgan fingerprint density at radius 2 is 1.86 bits per heavy atom. The molecule has 3 aromatic rings. The lowest BCUT2D eigenvalue weighted by Crippen LogP contribution is -2.34. The number of aryl methyl sites for hydroxylation is 2. The number of amides is 2. The third-order valence-electron chi connectivity index (χ3n) is 5.14. The third kappa shape index (κ3) is 4.60. The molecule has 0 aliphatic carbocycles. The first-order valence-electron chi connectivity index (χ1n) is 9.63. The van der Waals surface area contributed by atoms with Crippen LogP contribution >= 0.6 is 0 Å². The minimum atomic E-state index is -0.0603. The molecule has 2 amide bonds. The van der Waals surface area contributed by atoms with Crippen molar-refractivity contribution in [2.45, 2.75) is 33.6 Å². The summed E-state index contributed by atoms with van der Waals surface area (Å²) in [6, 6.07) is 14.1. The van der Waals surface area contributed by atoms with Crippen LogP contribution in [0.25, 0.3) is 10.9 Å². The molecule has 3 rings (SSSR count). The average molecular weight is 377 g/mol. The van der Waals surface area contributed by atoms with Gasteiger partial charge in [0.25, 0.3) is 0 Å². The molecule has 28 heavy (non-hydrogen) atoms. The zero-order valence-corrected chi connectivity index (χ0v) is 16.7. The van der Waals surface area contributed by atoms with Crippen LogP contribution in [0.2, 0.25) is 0 Å². The summed E-state index contributed by atoms with van der Waals surface area (Å²) in [5.74, 6) is -0.107. The Bertz CT molecular complexity index is 990. The number of hydrogen-bond donors (Lipinski definition) is 2. The van der Waals surface area contributed by atoms with E-state index < -0.39 is 0 Å². The van der Waals surface area contributed by atoms with E-state index in [0.717, 1.165) is 23.2 Å². The van der Waals surface area contributed by atoms with Gasteiger partial charge in [0.15, 0.2) is 0 Å². The molecule has 0 fully saturated rings. The Labute approximate surface area is 165 Å². The lowest BCUT2D eigenvalue weighted by molar-refractivity contribution is -0.121. The van der Waals surface area contributed by atoms with Crippen molar-refractivity contribution in [1.82, 2.24) is 10.3 Å². The van der Waals surface area contributed by atoms with Crippen LogP contribution in [0, 0.1) is 13.8 Å². The molecule has 2 N–H and O–H groups in total. The van der Waals surface area contributed by atoms with Crippen molar-refractivity contribution in [1.29, 1.82) is 0 Å². The SMILES string of the molecule is CC(=O)N(CCC(=O)NCCc1c[nH]c2ccccc12)c1ccc(C)c(C)c1. The van der Waals surface area contributed by atoms with Crippen LogP contribution in [-0.4, -0.2) is 29.9 Å². The van der Waals surface area contributed by atoms with Crippen LogP contribution in [0.15, 0.2) is 48.7 Å². The Morgan fingerprint density at radius 1 is 1.07 bits per heavy atom. The fourth-order valence-electron chi connectivity index (χ4n) is 3.34. The van der Waals surface area contributed by atoms with Gasteiger partial charge in [-0.2, -0.15) is 0 Å². The second kappa shape index (κ2) is 8.74. The molecule has 0 radical (unpaired) electrons. The van der Waals surface area contributed by atoms with E-state index in [2.05, 4.69) is 16.4 Å². The maximum absolute atomic E-state index is 12.3. The molecule has 0 atom stereocenters. The highest BCUT2D eigenvalue weighted by molar-refractivity contribution is 5.92. The number of nitrogens with one attached hydrogen (secondary N) is 2. The number of para-hydroxylation sites is 1. The van der Waals surface area contributed by atoms with Crippen molar-refractivity contribution in [2.24, 2.45) is 0 Å². The van der Waals surface area contributed by atoms with Gasteiger partial charge in [-0.1, -0.05) is 24.3 Å². The summed E-state index contributed by atoms with van der Waals surface area (Å²) in [5, 5.41) is 4.15. The molecule has 1 heterocycles. The van der Waals surface area contributed by atoms with E-state index in [0.29, 0.717) is 13.1 Å². The van der Waals surface area contributed by atoms with E-state index in [-0.39, 0.29) is 18.2 Å². The lowest BCUT2D eigenvalue weighted by Gasteiger charge is -2.22. The summed E-state index contributed by atoms with van der Waals surface area (Å²) < 4.78 is 0. The molecule has 0 saturated carbocycles. The predicted molar refractivity (Wildman–Crippen MR) is 114 cm³/mol. The number of aromatic amines is 1. The van der Waals surface area contributed by atoms with Gasteiger partial charge < -0.3 is 15.2 Å². The first-order valence-corrected chi connectivity index (χ1v) is 9.63. The number of carbonyl (C=O) groups excluding carboxylic acids is 2. The number of fused-ring (bicyclic) bond motifs is 1. The Hall–Kier alpha value is -3.08. The minimum absolute atomic E-state index is 0.0464. The second-order valence-corrected chi connectivity index (χ2v) is 7.15. The molecule has 0 aliphatic heterocycles. The van der Waals surface area contributed by atoms with E-state index in [1.165, 1.54) is 23.4 Å². The third-order valence-corrected chi connectivity index (χ3v) is 5.14. The smallest absolute Gasteiger partial charge is 0.223 e. The number of benzene rings is 2. The standard InChI is InChI=1S/C23H27N3O2/c1-16-8-9-20(14-17(16)2)26(18(3)27)13-11-23(28)24-12-10-19-15-25-22-7-5-4-6-21(19)22/h4-9,14-15,25H,10-13H2,1-3H3,(H,24,28). The first-order chi connectivity index (χ1) is 13.5. The predicted octanol–water partition coefficient (Wildman–Crippen LogP) is 3.89. The highest BCUT2D eigenvalue weighted by atomic mass is 16.2. The van der Waals surface area contributed by atoms with Crippen molar-refractivity contribution in [3.8, 4) is 0 Å². The topological polar surface area (TPSA) is 65.2 Å². The largest absolute Gasteiger partial charge is 0.361 e. The van der Waals surface area contributed by atoms with Gasteiger partial charge in [-0.25, -0.2) is 0 Å². The Morgan fingerprint density at radius 3 is 2.61 bits per heavy atom. The van der Waals surface area contributed by atoms with E-state index in [1.54, 1.807) is 4.90 Å². The van der Waals surface area contributed by atoms with Gasteiger partial charge in [0.2, 0.25) is 11.8 Å².